The fourth-order valence-corrected chi connectivity index (χ4v) is 7.85. The molecule has 0 nitrogen and oxygen atoms in total. The molecular formula is C21H27P. The number of aryl methyl sites for hydroxylation is 2. The summed E-state index contributed by atoms with van der Waals surface area (Å²) >= 11 is 0. The summed E-state index contributed by atoms with van der Waals surface area (Å²) in [4.78, 5) is 0. The van der Waals surface area contributed by atoms with E-state index in [2.05, 4.69) is 69.3 Å². The van der Waals surface area contributed by atoms with E-state index in [9.17, 15) is 0 Å². The largest absolute Gasteiger partial charge is 0.0913 e. The second-order valence-corrected chi connectivity index (χ2v) is 9.28. The van der Waals surface area contributed by atoms with Crippen LogP contribution in [0.2, 0.25) is 0 Å². The van der Waals surface area contributed by atoms with Crippen LogP contribution in [0.5, 0.6) is 0 Å². The molecule has 1 aliphatic rings. The van der Waals surface area contributed by atoms with Crippen LogP contribution in [0, 0.1) is 13.8 Å². The van der Waals surface area contributed by atoms with Gasteiger partial charge >= 0.3 is 0 Å². The van der Waals surface area contributed by atoms with Gasteiger partial charge in [-0.05, 0) is 55.1 Å². The summed E-state index contributed by atoms with van der Waals surface area (Å²) in [6, 6.07) is 18.1. The van der Waals surface area contributed by atoms with Crippen molar-refractivity contribution in [2.45, 2.75) is 51.4 Å². The van der Waals surface area contributed by atoms with Crippen molar-refractivity contribution in [2.24, 2.45) is 0 Å². The van der Waals surface area contributed by atoms with Gasteiger partial charge in [0.25, 0.3) is 0 Å². The van der Waals surface area contributed by atoms with Crippen LogP contribution >= 0.6 is 7.92 Å². The Bertz CT molecular complexity index is 578. The Kier molecular flexibility index (Phi) is 4.99. The minimum Gasteiger partial charge on any atom is -0.0913 e. The topological polar surface area (TPSA) is 0 Å². The molecule has 0 N–H and O–H groups in total. The summed E-state index contributed by atoms with van der Waals surface area (Å²) in [5.74, 6) is 0. The Morgan fingerprint density at radius 2 is 1.27 bits per heavy atom. The first-order valence-electron chi connectivity index (χ1n) is 8.59. The van der Waals surface area contributed by atoms with E-state index in [0.29, 0.717) is 0 Å². The Labute approximate surface area is 136 Å². The van der Waals surface area contributed by atoms with Gasteiger partial charge in [0, 0.05) is 11.3 Å². The van der Waals surface area contributed by atoms with Crippen LogP contribution in [0.15, 0.2) is 48.5 Å². The maximum Gasteiger partial charge on any atom is 0.00502 e. The molecule has 3 rings (SSSR count). The SMILES string of the molecule is CCCP1C(c2ccccc2C)CCC1c1ccccc1C. The lowest BCUT2D eigenvalue weighted by molar-refractivity contribution is 0.760. The first-order chi connectivity index (χ1) is 10.7. The molecule has 1 heterocycles. The molecule has 0 saturated carbocycles. The lowest BCUT2D eigenvalue weighted by Gasteiger charge is -2.28. The van der Waals surface area contributed by atoms with E-state index >= 15 is 0 Å². The lowest BCUT2D eigenvalue weighted by atomic mass is 9.99. The van der Waals surface area contributed by atoms with Crippen LogP contribution in [0.4, 0.5) is 0 Å². The highest BCUT2D eigenvalue weighted by Gasteiger charge is 2.37. The van der Waals surface area contributed by atoms with Gasteiger partial charge in [-0.15, -0.1) is 0 Å². The lowest BCUT2D eigenvalue weighted by Crippen LogP contribution is -2.00. The molecule has 2 aromatic rings. The average Bonchev–Trinajstić information content (AvgIpc) is 2.92. The molecule has 116 valence electrons. The molecule has 22 heavy (non-hydrogen) atoms. The first-order valence-corrected chi connectivity index (χ1v) is 10.3. The maximum absolute atomic E-state index is 2.38. The second kappa shape index (κ2) is 6.97. The van der Waals surface area contributed by atoms with Crippen molar-refractivity contribution < 1.29 is 0 Å². The minimum atomic E-state index is 0.0430. The van der Waals surface area contributed by atoms with Gasteiger partial charge in [0.05, 0.1) is 0 Å². The van der Waals surface area contributed by atoms with Crippen LogP contribution in [0.3, 0.4) is 0 Å². The molecule has 1 heteroatoms. The van der Waals surface area contributed by atoms with Crippen LogP contribution in [0.25, 0.3) is 0 Å². The molecule has 0 amide bonds. The monoisotopic (exact) mass is 310 g/mol. The summed E-state index contributed by atoms with van der Waals surface area (Å²) in [5, 5.41) is 0. The zero-order valence-electron chi connectivity index (χ0n) is 14.0. The number of benzene rings is 2. The smallest absolute Gasteiger partial charge is 0.00502 e. The molecule has 0 radical (unpaired) electrons. The van der Waals surface area contributed by atoms with Crippen LogP contribution in [-0.4, -0.2) is 6.16 Å². The number of hydrogen-bond acceptors (Lipinski definition) is 0. The highest BCUT2D eigenvalue weighted by molar-refractivity contribution is 7.58. The highest BCUT2D eigenvalue weighted by atomic mass is 31.1. The number of hydrogen-bond donors (Lipinski definition) is 0. The van der Waals surface area contributed by atoms with E-state index in [-0.39, 0.29) is 7.92 Å². The zero-order chi connectivity index (χ0) is 15.5. The van der Waals surface area contributed by atoms with Crippen molar-refractivity contribution in [1.82, 2.24) is 0 Å². The molecule has 0 aliphatic carbocycles. The van der Waals surface area contributed by atoms with Crippen molar-refractivity contribution in [3.8, 4) is 0 Å². The van der Waals surface area contributed by atoms with E-state index in [0.717, 1.165) is 11.3 Å². The normalized spacial score (nSPS) is 24.6. The van der Waals surface area contributed by atoms with Crippen molar-refractivity contribution >= 4 is 7.92 Å². The predicted octanol–water partition coefficient (Wildman–Crippen LogP) is 6.77. The van der Waals surface area contributed by atoms with Crippen molar-refractivity contribution in [2.75, 3.05) is 6.16 Å². The van der Waals surface area contributed by atoms with Gasteiger partial charge in [-0.25, -0.2) is 0 Å². The quantitative estimate of drug-likeness (QED) is 0.546. The molecule has 2 aromatic carbocycles. The zero-order valence-corrected chi connectivity index (χ0v) is 14.9. The van der Waals surface area contributed by atoms with Gasteiger partial charge in [0.2, 0.25) is 0 Å². The summed E-state index contributed by atoms with van der Waals surface area (Å²) in [6.07, 6.45) is 5.47. The summed E-state index contributed by atoms with van der Waals surface area (Å²) < 4.78 is 0. The van der Waals surface area contributed by atoms with Gasteiger partial charge < -0.3 is 0 Å². The fourth-order valence-electron chi connectivity index (χ4n) is 4.02. The van der Waals surface area contributed by atoms with Crippen LogP contribution in [0.1, 0.15) is 59.8 Å². The Morgan fingerprint density at radius 3 is 1.68 bits per heavy atom. The molecule has 1 fully saturated rings. The van der Waals surface area contributed by atoms with Crippen molar-refractivity contribution in [3.63, 3.8) is 0 Å². The Balaban J connectivity index is 1.95. The average molecular weight is 310 g/mol. The molecule has 0 spiro atoms. The standard InChI is InChI=1S/C21H27P/c1-4-15-22-20(18-11-7-5-9-16(18)2)13-14-21(22)19-12-8-6-10-17(19)3/h5-12,20-21H,4,13-15H2,1-3H3. The van der Waals surface area contributed by atoms with Gasteiger partial charge in [0.1, 0.15) is 0 Å². The van der Waals surface area contributed by atoms with E-state index in [1.807, 2.05) is 0 Å². The van der Waals surface area contributed by atoms with E-state index in [1.165, 1.54) is 36.6 Å². The second-order valence-electron chi connectivity index (χ2n) is 6.56. The van der Waals surface area contributed by atoms with E-state index in [4.69, 9.17) is 0 Å². The third kappa shape index (κ3) is 2.99. The van der Waals surface area contributed by atoms with E-state index < -0.39 is 0 Å². The third-order valence-electron chi connectivity index (χ3n) is 5.09. The molecule has 0 aromatic heterocycles. The highest BCUT2D eigenvalue weighted by Crippen LogP contribution is 2.70. The van der Waals surface area contributed by atoms with Crippen molar-refractivity contribution in [3.05, 3.63) is 70.8 Å². The fraction of sp³-hybridized carbons (Fsp3) is 0.429. The summed E-state index contributed by atoms with van der Waals surface area (Å²) in [6.45, 7) is 6.93. The molecule has 2 atom stereocenters. The van der Waals surface area contributed by atoms with Gasteiger partial charge in [-0.3, -0.25) is 0 Å². The number of rotatable bonds is 4. The maximum atomic E-state index is 2.38. The summed E-state index contributed by atoms with van der Waals surface area (Å²) in [5.41, 5.74) is 7.83. The first kappa shape index (κ1) is 15.8. The molecule has 0 bridgehead atoms. The molecule has 1 saturated heterocycles. The van der Waals surface area contributed by atoms with Gasteiger partial charge in [-0.1, -0.05) is 69.8 Å². The minimum absolute atomic E-state index is 0.0430. The van der Waals surface area contributed by atoms with Crippen molar-refractivity contribution in [1.29, 1.82) is 0 Å². The van der Waals surface area contributed by atoms with Gasteiger partial charge in [-0.2, -0.15) is 0 Å². The Hall–Kier alpha value is -1.13. The van der Waals surface area contributed by atoms with Crippen LogP contribution < -0.4 is 0 Å². The summed E-state index contributed by atoms with van der Waals surface area (Å²) in [7, 11) is 0.0430. The predicted molar refractivity (Wildman–Crippen MR) is 99.2 cm³/mol. The molecule has 2 unspecified atom stereocenters. The van der Waals surface area contributed by atoms with E-state index in [1.54, 1.807) is 11.1 Å². The third-order valence-corrected chi connectivity index (χ3v) is 8.73. The molecule has 1 aliphatic heterocycles. The van der Waals surface area contributed by atoms with Gasteiger partial charge in [0.15, 0.2) is 0 Å². The molecular weight excluding hydrogens is 283 g/mol. The Morgan fingerprint density at radius 1 is 0.818 bits per heavy atom. The van der Waals surface area contributed by atoms with Crippen LogP contribution in [-0.2, 0) is 0 Å².